The predicted molar refractivity (Wildman–Crippen MR) is 139 cm³/mol. The van der Waals surface area contributed by atoms with Crippen LogP contribution in [0.3, 0.4) is 0 Å². The van der Waals surface area contributed by atoms with Gasteiger partial charge in [-0.05, 0) is 42.3 Å². The summed E-state index contributed by atoms with van der Waals surface area (Å²) in [5, 5.41) is 5.06. The van der Waals surface area contributed by atoms with E-state index in [9.17, 15) is 4.79 Å². The largest absolute Gasteiger partial charge is 0.497 e. The number of nitrogens with zero attached hydrogens (tertiary/aromatic N) is 4. The minimum absolute atomic E-state index is 0.0993. The van der Waals surface area contributed by atoms with Crippen LogP contribution < -0.4 is 9.64 Å². The molecule has 0 bridgehead atoms. The van der Waals surface area contributed by atoms with E-state index in [1.807, 2.05) is 50.4 Å². The zero-order valence-corrected chi connectivity index (χ0v) is 21.2. The molecule has 0 radical (unpaired) electrons. The highest BCUT2D eigenvalue weighted by Gasteiger charge is 2.17. The molecule has 2 heterocycles. The maximum Gasteiger partial charge on any atom is 0.246 e. The average Bonchev–Trinajstić information content (AvgIpc) is 3.15. The van der Waals surface area contributed by atoms with Crippen LogP contribution in [0.1, 0.15) is 22.4 Å². The number of morpholine rings is 1. The van der Waals surface area contributed by atoms with Gasteiger partial charge in [0, 0.05) is 44.0 Å². The summed E-state index contributed by atoms with van der Waals surface area (Å²) in [5.74, 6) is 0.684. The molecular formula is C27H31ClN4O3. The number of benzene rings is 2. The summed E-state index contributed by atoms with van der Waals surface area (Å²) < 4.78 is 12.5. The molecule has 4 rings (SSSR count). The van der Waals surface area contributed by atoms with Crippen molar-refractivity contribution in [3.05, 3.63) is 82.1 Å². The van der Waals surface area contributed by atoms with Crippen molar-refractivity contribution in [2.75, 3.05) is 45.4 Å². The third kappa shape index (κ3) is 6.05. The Hall–Kier alpha value is -3.29. The number of hydrogen-bond acceptors (Lipinski definition) is 5. The summed E-state index contributed by atoms with van der Waals surface area (Å²) >= 11 is 6.63. The first-order valence-electron chi connectivity index (χ1n) is 11.7. The number of aromatic nitrogens is 2. The predicted octanol–water partition coefficient (Wildman–Crippen LogP) is 4.41. The Kier molecular flexibility index (Phi) is 8.10. The minimum Gasteiger partial charge on any atom is -0.497 e. The zero-order valence-electron chi connectivity index (χ0n) is 20.4. The lowest BCUT2D eigenvalue weighted by atomic mass is 10.1. The van der Waals surface area contributed by atoms with Gasteiger partial charge in [-0.1, -0.05) is 41.9 Å². The highest BCUT2D eigenvalue weighted by atomic mass is 35.5. The quantitative estimate of drug-likeness (QED) is 0.434. The van der Waals surface area contributed by atoms with Gasteiger partial charge in [0.2, 0.25) is 5.91 Å². The third-order valence-corrected chi connectivity index (χ3v) is 6.49. The second-order valence-electron chi connectivity index (χ2n) is 8.55. The smallest absolute Gasteiger partial charge is 0.246 e. The highest BCUT2D eigenvalue weighted by Crippen LogP contribution is 2.25. The molecule has 0 N–H and O–H groups in total. The molecule has 8 heteroatoms. The Labute approximate surface area is 211 Å². The number of para-hydroxylation sites is 1. The van der Waals surface area contributed by atoms with Gasteiger partial charge in [-0.3, -0.25) is 4.79 Å². The van der Waals surface area contributed by atoms with Crippen LogP contribution in [0.2, 0.25) is 5.15 Å². The molecule has 1 aromatic heterocycles. The second kappa shape index (κ2) is 11.4. The second-order valence-corrected chi connectivity index (χ2v) is 8.91. The van der Waals surface area contributed by atoms with E-state index in [-0.39, 0.29) is 5.91 Å². The highest BCUT2D eigenvalue weighted by molar-refractivity contribution is 6.31. The molecule has 0 atom stereocenters. The van der Waals surface area contributed by atoms with E-state index in [1.165, 1.54) is 0 Å². The molecule has 1 aliphatic heterocycles. The maximum absolute atomic E-state index is 12.9. The van der Waals surface area contributed by atoms with Gasteiger partial charge < -0.3 is 19.3 Å². The Morgan fingerprint density at radius 1 is 1.20 bits per heavy atom. The van der Waals surface area contributed by atoms with E-state index in [1.54, 1.807) is 28.8 Å². The van der Waals surface area contributed by atoms with Crippen LogP contribution in [0.25, 0.3) is 6.08 Å². The number of likely N-dealkylation sites (N-methyl/N-ethyl adjacent to an activating group) is 1. The van der Waals surface area contributed by atoms with E-state index in [0.717, 1.165) is 60.1 Å². The Balaban J connectivity index is 1.44. The van der Waals surface area contributed by atoms with Gasteiger partial charge in [0.25, 0.3) is 0 Å². The normalized spacial score (nSPS) is 13.9. The van der Waals surface area contributed by atoms with Gasteiger partial charge in [-0.15, -0.1) is 0 Å². The fourth-order valence-corrected chi connectivity index (χ4v) is 4.47. The number of carbonyl (C=O) groups is 1. The van der Waals surface area contributed by atoms with Crippen molar-refractivity contribution in [2.45, 2.75) is 20.0 Å². The summed E-state index contributed by atoms with van der Waals surface area (Å²) in [7, 11) is 3.45. The fraction of sp³-hybridized carbons (Fsp3) is 0.333. The van der Waals surface area contributed by atoms with Crippen molar-refractivity contribution in [2.24, 2.45) is 0 Å². The number of hydrogen-bond donors (Lipinski definition) is 0. The number of rotatable bonds is 8. The molecule has 0 saturated carbocycles. The summed E-state index contributed by atoms with van der Waals surface area (Å²) in [5.41, 5.74) is 4.79. The van der Waals surface area contributed by atoms with Gasteiger partial charge in [0.05, 0.1) is 32.6 Å². The van der Waals surface area contributed by atoms with E-state index >= 15 is 0 Å². The van der Waals surface area contributed by atoms with Crippen LogP contribution in [0.4, 0.5) is 5.69 Å². The van der Waals surface area contributed by atoms with E-state index in [2.05, 4.69) is 22.1 Å². The lowest BCUT2D eigenvalue weighted by Crippen LogP contribution is -2.37. The van der Waals surface area contributed by atoms with Crippen molar-refractivity contribution in [1.82, 2.24) is 14.7 Å². The molecule has 35 heavy (non-hydrogen) atoms. The van der Waals surface area contributed by atoms with E-state index in [0.29, 0.717) is 18.2 Å². The summed E-state index contributed by atoms with van der Waals surface area (Å²) in [6.07, 6.45) is 3.31. The van der Waals surface area contributed by atoms with Crippen LogP contribution in [0.5, 0.6) is 5.75 Å². The lowest BCUT2D eigenvalue weighted by Gasteiger charge is -2.31. The van der Waals surface area contributed by atoms with Crippen LogP contribution in [-0.4, -0.2) is 61.0 Å². The molecule has 1 fully saturated rings. The van der Waals surface area contributed by atoms with Crippen molar-refractivity contribution in [3.63, 3.8) is 0 Å². The molecule has 0 aliphatic carbocycles. The van der Waals surface area contributed by atoms with Gasteiger partial charge >= 0.3 is 0 Å². The number of anilines is 1. The molecular weight excluding hydrogens is 464 g/mol. The lowest BCUT2D eigenvalue weighted by molar-refractivity contribution is -0.125. The van der Waals surface area contributed by atoms with Crippen LogP contribution in [-0.2, 0) is 22.6 Å². The molecule has 7 nitrogen and oxygen atoms in total. The molecule has 1 amide bonds. The van der Waals surface area contributed by atoms with Crippen LogP contribution >= 0.6 is 11.6 Å². The van der Waals surface area contributed by atoms with Crippen molar-refractivity contribution in [3.8, 4) is 5.75 Å². The number of methoxy groups -OCH3 is 1. The van der Waals surface area contributed by atoms with Gasteiger partial charge in [-0.2, -0.15) is 5.10 Å². The average molecular weight is 495 g/mol. The van der Waals surface area contributed by atoms with Crippen molar-refractivity contribution >= 4 is 29.3 Å². The molecule has 0 unspecified atom stereocenters. The number of carbonyl (C=O) groups excluding carboxylic acids is 1. The minimum atomic E-state index is -0.0993. The monoisotopic (exact) mass is 494 g/mol. The van der Waals surface area contributed by atoms with Crippen molar-refractivity contribution < 1.29 is 14.3 Å². The summed E-state index contributed by atoms with van der Waals surface area (Å²) in [6.45, 7) is 6.06. The maximum atomic E-state index is 12.9. The number of ether oxygens (including phenoxy) is 2. The first-order chi connectivity index (χ1) is 17.0. The number of halogens is 1. The molecule has 0 spiro atoms. The molecule has 2 aromatic carbocycles. The van der Waals surface area contributed by atoms with E-state index in [4.69, 9.17) is 21.1 Å². The topological polar surface area (TPSA) is 59.8 Å². The zero-order chi connectivity index (χ0) is 24.8. The number of amides is 1. The van der Waals surface area contributed by atoms with Crippen LogP contribution in [0.15, 0.2) is 54.6 Å². The van der Waals surface area contributed by atoms with Gasteiger partial charge in [0.1, 0.15) is 10.9 Å². The Bertz CT molecular complexity index is 1200. The Morgan fingerprint density at radius 3 is 2.74 bits per heavy atom. The van der Waals surface area contributed by atoms with Crippen molar-refractivity contribution in [1.29, 1.82) is 0 Å². The SMILES string of the molecule is COc1cccc(Cn2nc(C)c(/C=C/C(=O)N(C)Cc3ccccc3N3CCOCC3)c2Cl)c1. The first-order valence-corrected chi connectivity index (χ1v) is 12.0. The molecule has 1 aliphatic rings. The standard InChI is InChI=1S/C27H31ClN4O3/c1-20-24(27(28)32(29-20)18-21-7-6-9-23(17-21)34-3)11-12-26(33)30(2)19-22-8-4-5-10-25(22)31-13-15-35-16-14-31/h4-12,17H,13-16,18-19H2,1-3H3/b12-11+. The summed E-state index contributed by atoms with van der Waals surface area (Å²) in [6, 6.07) is 16.0. The van der Waals surface area contributed by atoms with Gasteiger partial charge in [-0.25, -0.2) is 4.68 Å². The fourth-order valence-electron chi connectivity index (χ4n) is 4.18. The molecule has 3 aromatic rings. The van der Waals surface area contributed by atoms with Gasteiger partial charge in [0.15, 0.2) is 0 Å². The summed E-state index contributed by atoms with van der Waals surface area (Å²) in [4.78, 5) is 16.9. The molecule has 184 valence electrons. The first kappa shape index (κ1) is 24.8. The Morgan fingerprint density at radius 2 is 1.97 bits per heavy atom. The van der Waals surface area contributed by atoms with Crippen LogP contribution in [0, 0.1) is 6.92 Å². The third-order valence-electron chi connectivity index (χ3n) is 6.10. The molecule has 1 saturated heterocycles. The number of aryl methyl sites for hydroxylation is 1. The van der Waals surface area contributed by atoms with E-state index < -0.39 is 0 Å².